The molecule has 2 nitrogen and oxygen atoms in total. The molecule has 0 aliphatic heterocycles. The van der Waals surface area contributed by atoms with Crippen LogP contribution in [0.1, 0.15) is 11.1 Å². The summed E-state index contributed by atoms with van der Waals surface area (Å²) in [5.41, 5.74) is 10.1. The molecule has 0 bridgehead atoms. The molecule has 0 radical (unpaired) electrons. The zero-order chi connectivity index (χ0) is 9.42. The number of nitrogens with two attached hydrogens (primary N) is 1. The van der Waals surface area contributed by atoms with Crippen LogP contribution < -0.4 is 5.73 Å². The van der Waals surface area contributed by atoms with Crippen LogP contribution in [0.3, 0.4) is 0 Å². The summed E-state index contributed by atoms with van der Waals surface area (Å²) in [4.78, 5) is 4.32. The van der Waals surface area contributed by atoms with Crippen molar-refractivity contribution in [3.8, 4) is 0 Å². The Kier molecular flexibility index (Phi) is 1.80. The van der Waals surface area contributed by atoms with E-state index in [9.17, 15) is 0 Å². The number of hydrogen-bond donors (Lipinski definition) is 1. The van der Waals surface area contributed by atoms with Crippen LogP contribution in [0.4, 0.5) is 5.69 Å². The van der Waals surface area contributed by atoms with Crippen molar-refractivity contribution >= 4 is 23.4 Å². The van der Waals surface area contributed by atoms with Gasteiger partial charge in [0.2, 0.25) is 0 Å². The minimum absolute atomic E-state index is 0.811. The second-order valence-corrected chi connectivity index (χ2v) is 3.31. The van der Waals surface area contributed by atoms with Crippen LogP contribution in [0, 0.1) is 13.8 Å². The van der Waals surface area contributed by atoms with E-state index in [1.165, 1.54) is 11.1 Å². The first-order valence-corrected chi connectivity index (χ1v) is 4.30. The van der Waals surface area contributed by atoms with Gasteiger partial charge in [-0.15, -0.1) is 0 Å². The van der Waals surface area contributed by atoms with Crippen LogP contribution in [-0.4, -0.2) is 11.9 Å². The molecule has 0 fully saturated rings. The molecule has 0 saturated heterocycles. The summed E-state index contributed by atoms with van der Waals surface area (Å²) in [5, 5.41) is 1.05. The minimum atomic E-state index is 0.811. The summed E-state index contributed by atoms with van der Waals surface area (Å²) in [6, 6.07) is 2.00. The van der Waals surface area contributed by atoms with Crippen LogP contribution in [0.15, 0.2) is 18.2 Å². The SMILES string of the molecule is Cc1cc(N)c2bccnc2c1C. The van der Waals surface area contributed by atoms with Gasteiger partial charge >= 0.3 is 77.3 Å². The fourth-order valence-corrected chi connectivity index (χ4v) is 1.54. The van der Waals surface area contributed by atoms with E-state index >= 15 is 0 Å². The Morgan fingerprint density at radius 3 is 2.92 bits per heavy atom. The molecule has 1 aromatic heterocycles. The molecule has 2 aromatic rings. The molecule has 1 aromatic carbocycles. The van der Waals surface area contributed by atoms with Crippen molar-refractivity contribution in [3.05, 3.63) is 29.4 Å². The van der Waals surface area contributed by atoms with Crippen molar-refractivity contribution < 1.29 is 0 Å². The van der Waals surface area contributed by atoms with Gasteiger partial charge in [0.25, 0.3) is 0 Å². The van der Waals surface area contributed by atoms with Crippen molar-refractivity contribution in [3.63, 3.8) is 0 Å². The Morgan fingerprint density at radius 2 is 2.15 bits per heavy atom. The summed E-state index contributed by atoms with van der Waals surface area (Å²) < 4.78 is 0. The molecule has 0 unspecified atom stereocenters. The number of hydrogen-bond acceptors (Lipinski definition) is 2. The number of fused-ring (bicyclic) bond motifs is 1. The zero-order valence-corrected chi connectivity index (χ0v) is 7.83. The molecule has 2 rings (SSSR count). The molecule has 3 heteroatoms. The molecule has 0 atom stereocenters. The number of anilines is 1. The number of rotatable bonds is 0. The van der Waals surface area contributed by atoms with E-state index in [0.717, 1.165) is 16.5 Å². The number of nitrogen functional groups attached to an aromatic ring is 1. The topological polar surface area (TPSA) is 38.9 Å². The maximum atomic E-state index is 5.89. The fraction of sp³-hybridized carbons (Fsp3) is 0.200. The molecule has 1 heterocycles. The third kappa shape index (κ3) is 1.20. The van der Waals surface area contributed by atoms with E-state index in [-0.39, 0.29) is 0 Å². The first-order chi connectivity index (χ1) is 6.20. The number of nitrogens with zero attached hydrogens (tertiary/aromatic N) is 1. The third-order valence-corrected chi connectivity index (χ3v) is 2.44. The third-order valence-electron chi connectivity index (χ3n) is 2.44. The average Bonchev–Trinajstić information content (AvgIpc) is 2.15. The van der Waals surface area contributed by atoms with Gasteiger partial charge in [-0.3, -0.25) is 0 Å². The Labute approximate surface area is 78.0 Å². The van der Waals surface area contributed by atoms with Crippen LogP contribution >= 0.6 is 0 Å². The Bertz CT molecular complexity index is 466. The second-order valence-electron chi connectivity index (χ2n) is 3.31. The van der Waals surface area contributed by atoms with Gasteiger partial charge in [0.05, 0.1) is 0 Å². The summed E-state index contributed by atoms with van der Waals surface area (Å²) in [6.07, 6.45) is 1.80. The van der Waals surface area contributed by atoms with Crippen molar-refractivity contribution in [2.75, 3.05) is 5.73 Å². The standard InChI is InChI=1S/C10H11BN2/c1-6-5-8(12)9-10(7(6)2)13-4-3-11-9/h3-5H,12H2,1-2H3. The van der Waals surface area contributed by atoms with E-state index in [0.29, 0.717) is 0 Å². The number of benzene rings is 1. The maximum absolute atomic E-state index is 5.89. The molecule has 64 valence electrons. The molecule has 2 N–H and O–H groups in total. The summed E-state index contributed by atoms with van der Waals surface area (Å²) >= 11 is 0. The van der Waals surface area contributed by atoms with Crippen molar-refractivity contribution in [2.45, 2.75) is 13.8 Å². The van der Waals surface area contributed by atoms with E-state index in [2.05, 4.69) is 18.8 Å². The summed E-state index contributed by atoms with van der Waals surface area (Å²) in [6.45, 7) is 6.13. The van der Waals surface area contributed by atoms with Crippen molar-refractivity contribution in [2.24, 2.45) is 0 Å². The first-order valence-electron chi connectivity index (χ1n) is 4.30. The molecule has 0 aliphatic carbocycles. The first kappa shape index (κ1) is 8.23. The molecule has 0 spiro atoms. The Balaban J connectivity index is 2.97. The molecular formula is C10H11BN2. The quantitative estimate of drug-likeness (QED) is 0.612. The fourth-order valence-electron chi connectivity index (χ4n) is 1.54. The molecular weight excluding hydrogens is 159 g/mol. The van der Waals surface area contributed by atoms with Gasteiger partial charge in [-0.05, 0) is 0 Å². The van der Waals surface area contributed by atoms with Gasteiger partial charge in [-0.2, -0.15) is 0 Å². The molecule has 0 amide bonds. The number of aromatic nitrogens is 1. The normalized spacial score (nSPS) is 10.3. The van der Waals surface area contributed by atoms with Gasteiger partial charge in [0.1, 0.15) is 0 Å². The number of aryl methyl sites for hydroxylation is 2. The van der Waals surface area contributed by atoms with Gasteiger partial charge < -0.3 is 0 Å². The average molecular weight is 170 g/mol. The van der Waals surface area contributed by atoms with Crippen LogP contribution in [0.25, 0.3) is 10.8 Å². The predicted molar refractivity (Wildman–Crippen MR) is 57.0 cm³/mol. The van der Waals surface area contributed by atoms with E-state index < -0.39 is 0 Å². The van der Waals surface area contributed by atoms with Gasteiger partial charge in [-0.1, -0.05) is 0 Å². The second kappa shape index (κ2) is 2.84. The van der Waals surface area contributed by atoms with E-state index in [4.69, 9.17) is 5.73 Å². The van der Waals surface area contributed by atoms with Gasteiger partial charge in [0.15, 0.2) is 0 Å². The summed E-state index contributed by atoms with van der Waals surface area (Å²) in [7, 11) is 0. The van der Waals surface area contributed by atoms with Crippen LogP contribution in [0.5, 0.6) is 0 Å². The Morgan fingerprint density at radius 1 is 1.38 bits per heavy atom. The predicted octanol–water partition coefficient (Wildman–Crippen LogP) is 1.77. The summed E-state index contributed by atoms with van der Waals surface area (Å²) in [5.74, 6) is 1.91. The molecule has 13 heavy (non-hydrogen) atoms. The van der Waals surface area contributed by atoms with Crippen molar-refractivity contribution in [1.82, 2.24) is 4.98 Å². The molecule has 0 aliphatic rings. The van der Waals surface area contributed by atoms with Gasteiger partial charge in [0, 0.05) is 0 Å². The van der Waals surface area contributed by atoms with Crippen molar-refractivity contribution in [1.29, 1.82) is 0 Å². The zero-order valence-electron chi connectivity index (χ0n) is 7.83. The Hall–Kier alpha value is -1.38. The monoisotopic (exact) mass is 170 g/mol. The van der Waals surface area contributed by atoms with E-state index in [1.807, 2.05) is 18.9 Å². The van der Waals surface area contributed by atoms with E-state index in [1.54, 1.807) is 6.20 Å². The van der Waals surface area contributed by atoms with Gasteiger partial charge in [-0.25, -0.2) is 0 Å². The molecule has 0 saturated carbocycles. The van der Waals surface area contributed by atoms with Crippen LogP contribution in [-0.2, 0) is 0 Å². The van der Waals surface area contributed by atoms with Crippen LogP contribution in [0.2, 0.25) is 0 Å².